The molecule has 6 aromatic carbocycles. The van der Waals surface area contributed by atoms with Gasteiger partial charge in [0.25, 0.3) is 0 Å². The molecule has 1 aromatic heterocycles. The summed E-state index contributed by atoms with van der Waals surface area (Å²) in [5, 5.41) is 0. The van der Waals surface area contributed by atoms with E-state index in [4.69, 9.17) is 17.1 Å². The van der Waals surface area contributed by atoms with Crippen molar-refractivity contribution in [1.29, 1.82) is 0 Å². The minimum Gasteiger partial charge on any atom is -0.410 e. The molecule has 7 aromatic rings. The van der Waals surface area contributed by atoms with Gasteiger partial charge >= 0.3 is 5.85 Å². The first-order chi connectivity index (χ1) is 36.6. The van der Waals surface area contributed by atoms with Crippen LogP contribution in [0.4, 0.5) is 17.1 Å². The number of hydrogen-bond donors (Lipinski definition) is 0. The van der Waals surface area contributed by atoms with E-state index in [1.807, 2.05) is 12.3 Å². The van der Waals surface area contributed by atoms with E-state index in [0.717, 1.165) is 91.3 Å². The highest BCUT2D eigenvalue weighted by Crippen LogP contribution is 2.68. The smallest absolute Gasteiger partial charge is 0.410 e. The minimum atomic E-state index is -3.81. The van der Waals surface area contributed by atoms with Gasteiger partial charge in [-0.3, -0.25) is 0 Å². The van der Waals surface area contributed by atoms with E-state index in [1.165, 1.54) is 5.56 Å². The van der Waals surface area contributed by atoms with Gasteiger partial charge in [0, 0.05) is 52.3 Å². The van der Waals surface area contributed by atoms with Gasteiger partial charge < -0.3 is 9.64 Å². The van der Waals surface area contributed by atoms with E-state index in [9.17, 15) is 5.48 Å². The third kappa shape index (κ3) is 6.19. The quantitative estimate of drug-likeness (QED) is 0.161. The molecule has 5 heterocycles. The largest absolute Gasteiger partial charge is 0.432 e. The number of rotatable bonds is 5. The number of nitrogens with zero attached hydrogens (tertiary/aromatic N) is 3. The molecular formula is C62H66N3O+. The zero-order valence-electron chi connectivity index (χ0n) is 52.6. The van der Waals surface area contributed by atoms with Gasteiger partial charge in [-0.05, 0) is 103 Å². The van der Waals surface area contributed by atoms with Crippen molar-refractivity contribution in [3.05, 3.63) is 172 Å². The maximum atomic E-state index is 9.51. The molecule has 0 bridgehead atoms. The fourth-order valence-corrected chi connectivity index (χ4v) is 10.7. The van der Waals surface area contributed by atoms with Crippen molar-refractivity contribution in [2.75, 3.05) is 9.80 Å². The number of anilines is 3. The van der Waals surface area contributed by atoms with E-state index in [-0.39, 0.29) is 22.0 Å². The number of aryl methyl sites for hydroxylation is 1. The zero-order valence-corrected chi connectivity index (χ0v) is 39.6. The average molecular weight is 882 g/mol. The summed E-state index contributed by atoms with van der Waals surface area (Å²) in [7, 11) is 0. The van der Waals surface area contributed by atoms with Crippen molar-refractivity contribution in [2.24, 2.45) is 0 Å². The maximum Gasteiger partial charge on any atom is 0.432 e. The van der Waals surface area contributed by atoms with Gasteiger partial charge in [-0.2, -0.15) is 0 Å². The SMILES string of the molecule is [2H]c1c([2H])c(C(C([2H])([2H])[2H])(C([2H])([2H])[2H])C([2H])([2H])[2H])c([2H])c([2H])c1-c1cc[n+]2c(c1)-c1cc(C(C)(C)C)cc3c1C21Oc2c(cc(C(C)(C)C)cc2C(C)(C)C)C2N(c4ccc(CCC)cc4-c4ccccc4)c4cccc-3c4N21. The molecule has 0 aliphatic carbocycles. The van der Waals surface area contributed by atoms with Gasteiger partial charge in [0.2, 0.25) is 5.69 Å². The van der Waals surface area contributed by atoms with Gasteiger partial charge in [0.1, 0.15) is 17.5 Å². The molecule has 0 radical (unpaired) electrons. The Labute approximate surface area is 412 Å². The first-order valence-corrected chi connectivity index (χ1v) is 23.3. The molecular weight excluding hydrogens is 803 g/mol. The molecule has 4 nitrogen and oxygen atoms in total. The van der Waals surface area contributed by atoms with E-state index in [2.05, 4.69) is 169 Å². The molecule has 11 rings (SSSR count). The number of pyridine rings is 1. The summed E-state index contributed by atoms with van der Waals surface area (Å²) < 4.78 is 124. The summed E-state index contributed by atoms with van der Waals surface area (Å²) in [4.78, 5) is 4.92. The lowest BCUT2D eigenvalue weighted by molar-refractivity contribution is -0.774. The molecule has 0 fully saturated rings. The van der Waals surface area contributed by atoms with Crippen molar-refractivity contribution < 1.29 is 27.1 Å². The predicted octanol–water partition coefficient (Wildman–Crippen LogP) is 15.8. The second kappa shape index (κ2) is 14.2. The van der Waals surface area contributed by atoms with Crippen LogP contribution < -0.4 is 19.1 Å². The zero-order chi connectivity index (χ0) is 57.4. The molecule has 4 aliphatic rings. The maximum absolute atomic E-state index is 9.51. The Morgan fingerprint density at radius 1 is 0.621 bits per heavy atom. The van der Waals surface area contributed by atoms with Crippen LogP contribution in [0.25, 0.3) is 44.6 Å². The summed E-state index contributed by atoms with van der Waals surface area (Å²) in [6.07, 6.45) is 3.23. The van der Waals surface area contributed by atoms with Gasteiger partial charge in [-0.15, -0.1) is 4.57 Å². The molecule has 334 valence electrons. The first-order valence-electron chi connectivity index (χ1n) is 29.8. The van der Waals surface area contributed by atoms with Crippen molar-refractivity contribution in [1.82, 2.24) is 0 Å². The van der Waals surface area contributed by atoms with Gasteiger partial charge in [-0.1, -0.05) is 175 Å². The summed E-state index contributed by atoms with van der Waals surface area (Å²) in [6, 6.07) is 32.7. The van der Waals surface area contributed by atoms with Crippen LogP contribution in [0.15, 0.2) is 133 Å². The molecule has 66 heavy (non-hydrogen) atoms. The molecule has 4 aliphatic heterocycles. The van der Waals surface area contributed by atoms with Gasteiger partial charge in [-0.25, -0.2) is 4.90 Å². The van der Waals surface area contributed by atoms with Gasteiger partial charge in [0.05, 0.1) is 28.1 Å². The molecule has 4 heteroatoms. The van der Waals surface area contributed by atoms with Gasteiger partial charge in [0.15, 0.2) is 6.20 Å². The summed E-state index contributed by atoms with van der Waals surface area (Å²) in [6.45, 7) is 10.6. The highest BCUT2D eigenvalue weighted by atomic mass is 16.5. The van der Waals surface area contributed by atoms with Crippen molar-refractivity contribution in [3.63, 3.8) is 0 Å². The van der Waals surface area contributed by atoms with Crippen LogP contribution in [-0.4, -0.2) is 0 Å². The molecule has 2 unspecified atom stereocenters. The predicted molar refractivity (Wildman–Crippen MR) is 275 cm³/mol. The normalized spacial score (nSPS) is 21.3. The minimum absolute atomic E-state index is 0.209. The van der Waals surface area contributed by atoms with E-state index < -0.39 is 73.1 Å². The van der Waals surface area contributed by atoms with E-state index in [0.29, 0.717) is 5.69 Å². The lowest BCUT2D eigenvalue weighted by Gasteiger charge is -2.49. The second-order valence-corrected chi connectivity index (χ2v) is 21.8. The van der Waals surface area contributed by atoms with Crippen LogP contribution in [0.3, 0.4) is 0 Å². The molecule has 0 amide bonds. The molecule has 2 atom stereocenters. The number of ether oxygens (including phenoxy) is 1. The van der Waals surface area contributed by atoms with Crippen LogP contribution in [-0.2, 0) is 33.9 Å². The Bertz CT molecular complexity index is 3640. The summed E-state index contributed by atoms with van der Waals surface area (Å²) in [5.74, 6) is -0.690. The summed E-state index contributed by atoms with van der Waals surface area (Å²) in [5.41, 5.74) is 8.78. The lowest BCUT2D eigenvalue weighted by atomic mass is 9.77. The Morgan fingerprint density at radius 2 is 1.33 bits per heavy atom. The number of para-hydroxylation sites is 1. The monoisotopic (exact) mass is 882 g/mol. The Kier molecular flexibility index (Phi) is 6.50. The third-order valence-corrected chi connectivity index (χ3v) is 14.1. The standard InChI is InChI=1S/C62H66N3O/c1-14-19-38-24-29-51(46(32-38)40-20-16-15-17-21-40)64-52-23-18-22-45-47-34-43(59(5,6)7)35-48-53-33-41(39-25-27-42(28-26-39)58(2,3)4)30-31-63(53)62(54(47)48)65(55(45)52)57(64)49-36-44(60(8,9)10)37-50(56(49)66-62)61(11,12)13/h15-18,20-37,57H,14,19H2,1-13H3/q+1/i2D3,3D3,4D3,25D,26D,27D,28D. The van der Waals surface area contributed by atoms with E-state index in [1.54, 1.807) is 12.1 Å². The first kappa shape index (κ1) is 30.2. The van der Waals surface area contributed by atoms with Crippen LogP contribution in [0.2, 0.25) is 0 Å². The molecule has 1 spiro atoms. The van der Waals surface area contributed by atoms with Crippen LogP contribution in [0, 0.1) is 0 Å². The number of benzene rings is 6. The van der Waals surface area contributed by atoms with Crippen LogP contribution in [0.1, 0.15) is 159 Å². The summed E-state index contributed by atoms with van der Waals surface area (Å²) >= 11 is 0. The number of aromatic nitrogens is 1. The number of fused-ring (bicyclic) bond motifs is 5. The van der Waals surface area contributed by atoms with Crippen LogP contribution in [0.5, 0.6) is 5.75 Å². The molecule has 0 saturated heterocycles. The topological polar surface area (TPSA) is 19.6 Å². The van der Waals surface area contributed by atoms with E-state index >= 15 is 0 Å². The van der Waals surface area contributed by atoms with Crippen molar-refractivity contribution >= 4 is 17.1 Å². The third-order valence-electron chi connectivity index (χ3n) is 14.1. The molecule has 0 N–H and O–H groups in total. The van der Waals surface area contributed by atoms with Crippen molar-refractivity contribution in [3.8, 4) is 50.4 Å². The second-order valence-electron chi connectivity index (χ2n) is 21.8. The van der Waals surface area contributed by atoms with Crippen molar-refractivity contribution in [2.45, 2.75) is 136 Å². The fraction of sp³-hybridized carbons (Fsp3) is 0.339. The Hall–Kier alpha value is -6.13. The lowest BCUT2D eigenvalue weighted by Crippen LogP contribution is -2.71. The van der Waals surface area contributed by atoms with Crippen LogP contribution >= 0.6 is 0 Å². The molecule has 0 saturated carbocycles. The Balaban J connectivity index is 1.26. The highest BCUT2D eigenvalue weighted by Gasteiger charge is 2.70. The fourth-order valence-electron chi connectivity index (χ4n) is 10.7. The average Bonchev–Trinajstić information content (AvgIpc) is 3.33. The Morgan fingerprint density at radius 3 is 2.02 bits per heavy atom. The highest BCUT2D eigenvalue weighted by molar-refractivity contribution is 6.03. The number of hydrogen-bond acceptors (Lipinski definition) is 3.